The fraction of sp³-hybridized carbons (Fsp3) is 0.425. The summed E-state index contributed by atoms with van der Waals surface area (Å²) < 4.78 is 18.3. The molecular weight excluding hydrogens is 510 g/mol. The van der Waals surface area contributed by atoms with Crippen molar-refractivity contribution in [3.8, 4) is 22.8 Å². The zero-order valence-electron chi connectivity index (χ0n) is 28.6. The summed E-state index contributed by atoms with van der Waals surface area (Å²) in [6.45, 7) is 23.0. The summed E-state index contributed by atoms with van der Waals surface area (Å²) in [6, 6.07) is 18.2. The third kappa shape index (κ3) is 5.19. The number of aryl methyl sites for hydroxylation is 1. The van der Waals surface area contributed by atoms with Gasteiger partial charge < -0.3 is 4.74 Å². The molecule has 0 aliphatic carbocycles. The maximum atomic E-state index is 9.10. The molecule has 0 radical (unpaired) electrons. The third-order valence-corrected chi connectivity index (χ3v) is 8.50. The predicted molar refractivity (Wildman–Crippen MR) is 180 cm³/mol. The van der Waals surface area contributed by atoms with E-state index in [1.807, 2.05) is 13.1 Å². The van der Waals surface area contributed by atoms with Gasteiger partial charge in [-0.25, -0.2) is 4.57 Å². The molecule has 0 amide bonds. The van der Waals surface area contributed by atoms with E-state index in [-0.39, 0.29) is 16.2 Å². The van der Waals surface area contributed by atoms with Crippen molar-refractivity contribution in [3.05, 3.63) is 77.0 Å². The summed E-state index contributed by atoms with van der Waals surface area (Å²) in [6.07, 6.45) is 3.44. The minimum absolute atomic E-state index is 0.0731. The Morgan fingerprint density at radius 1 is 0.690 bits per heavy atom. The van der Waals surface area contributed by atoms with Gasteiger partial charge in [0.05, 0.1) is 10.9 Å². The van der Waals surface area contributed by atoms with Crippen LogP contribution >= 0.6 is 0 Å². The summed E-state index contributed by atoms with van der Waals surface area (Å²) in [4.78, 5) is 0. The molecule has 1 aliphatic rings. The van der Waals surface area contributed by atoms with Crippen molar-refractivity contribution >= 4 is 32.3 Å². The number of rotatable bonds is 3. The maximum absolute atomic E-state index is 9.10. The SMILES string of the molecule is [2H]c1cc2c3c(cc4cc(CC(C)(C)C)ccc42)Oc2c(c(C)c4cc(CC(C)(C)C)ccc4c2CC(C)(C)C)-c3[n+]1C. The van der Waals surface area contributed by atoms with Crippen molar-refractivity contribution in [3.63, 3.8) is 0 Å². The molecule has 0 saturated heterocycles. The molecule has 0 unspecified atom stereocenters. The molecule has 0 fully saturated rings. The van der Waals surface area contributed by atoms with E-state index < -0.39 is 0 Å². The van der Waals surface area contributed by atoms with Crippen LogP contribution in [-0.4, -0.2) is 0 Å². The molecule has 6 rings (SSSR count). The first kappa shape index (κ1) is 27.4. The summed E-state index contributed by atoms with van der Waals surface area (Å²) in [7, 11) is 2.04. The van der Waals surface area contributed by atoms with E-state index in [0.29, 0.717) is 6.17 Å². The van der Waals surface area contributed by atoms with Crippen LogP contribution in [-0.2, 0) is 26.3 Å². The van der Waals surface area contributed by atoms with Gasteiger partial charge in [0.2, 0.25) is 5.69 Å². The van der Waals surface area contributed by atoms with Gasteiger partial charge in [-0.2, -0.15) is 0 Å². The molecule has 0 N–H and O–H groups in total. The number of nitrogens with zero attached hydrogens (tertiary/aromatic N) is 1. The highest BCUT2D eigenvalue weighted by Gasteiger charge is 2.34. The monoisotopic (exact) mass is 559 g/mol. The Morgan fingerprint density at radius 3 is 1.90 bits per heavy atom. The molecule has 4 aromatic carbocycles. The highest BCUT2D eigenvalue weighted by molar-refractivity contribution is 6.16. The predicted octanol–water partition coefficient (Wildman–Crippen LogP) is 10.8. The van der Waals surface area contributed by atoms with Crippen molar-refractivity contribution in [2.24, 2.45) is 23.3 Å². The van der Waals surface area contributed by atoms with Gasteiger partial charge in [0, 0.05) is 17.0 Å². The number of ether oxygens (including phenoxy) is 1. The lowest BCUT2D eigenvalue weighted by molar-refractivity contribution is -0.659. The molecule has 0 bridgehead atoms. The van der Waals surface area contributed by atoms with Gasteiger partial charge in [-0.1, -0.05) is 98.7 Å². The van der Waals surface area contributed by atoms with Gasteiger partial charge in [-0.05, 0) is 86.7 Å². The fourth-order valence-corrected chi connectivity index (χ4v) is 7.02. The van der Waals surface area contributed by atoms with Crippen LogP contribution < -0.4 is 9.30 Å². The van der Waals surface area contributed by atoms with Crippen LogP contribution in [0.3, 0.4) is 0 Å². The zero-order valence-corrected chi connectivity index (χ0v) is 27.6. The van der Waals surface area contributed by atoms with Crippen molar-refractivity contribution in [2.45, 2.75) is 88.5 Å². The topological polar surface area (TPSA) is 13.1 Å². The molecule has 0 spiro atoms. The van der Waals surface area contributed by atoms with Gasteiger partial charge in [0.15, 0.2) is 6.17 Å². The second kappa shape index (κ2) is 9.56. The quantitative estimate of drug-likeness (QED) is 0.155. The first-order valence-electron chi connectivity index (χ1n) is 16.1. The Labute approximate surface area is 254 Å². The largest absolute Gasteiger partial charge is 0.455 e. The second-order valence-electron chi connectivity index (χ2n) is 16.4. The van der Waals surface area contributed by atoms with Gasteiger partial charge in [0.1, 0.15) is 19.9 Å². The van der Waals surface area contributed by atoms with E-state index in [9.17, 15) is 0 Å². The summed E-state index contributed by atoms with van der Waals surface area (Å²) >= 11 is 0. The molecule has 2 nitrogen and oxygen atoms in total. The second-order valence-corrected chi connectivity index (χ2v) is 16.4. The summed E-state index contributed by atoms with van der Waals surface area (Å²) in [5, 5.41) is 7.13. The van der Waals surface area contributed by atoms with Crippen LogP contribution in [0.25, 0.3) is 43.6 Å². The lowest BCUT2D eigenvalue weighted by Crippen LogP contribution is -2.32. The number of pyridine rings is 1. The fourth-order valence-electron chi connectivity index (χ4n) is 7.02. The minimum atomic E-state index is 0.0731. The van der Waals surface area contributed by atoms with Crippen LogP contribution in [0.5, 0.6) is 11.5 Å². The number of aromatic nitrogens is 1. The maximum Gasteiger partial charge on any atom is 0.228 e. The molecule has 42 heavy (non-hydrogen) atoms. The highest BCUT2D eigenvalue weighted by Crippen LogP contribution is 2.53. The smallest absolute Gasteiger partial charge is 0.228 e. The van der Waals surface area contributed by atoms with Gasteiger partial charge in [0.25, 0.3) is 0 Å². The van der Waals surface area contributed by atoms with Crippen molar-refractivity contribution < 1.29 is 10.7 Å². The van der Waals surface area contributed by atoms with Gasteiger partial charge >= 0.3 is 0 Å². The molecule has 1 aromatic heterocycles. The number of fused-ring (bicyclic) bond motifs is 5. The Balaban J connectivity index is 1.71. The average molecular weight is 560 g/mol. The first-order valence-corrected chi connectivity index (χ1v) is 15.6. The van der Waals surface area contributed by atoms with Crippen LogP contribution in [0, 0.1) is 23.2 Å². The van der Waals surface area contributed by atoms with Crippen molar-refractivity contribution in [1.82, 2.24) is 0 Å². The molecule has 218 valence electrons. The van der Waals surface area contributed by atoms with Crippen molar-refractivity contribution in [2.75, 3.05) is 0 Å². The standard InChI is InChI=1S/C40H48NO/c1-24-31-19-26(22-39(5,6)7)13-15-29(31)32(23-40(8,9)10)37-34(24)36-35-30(16-17-41(36)11)28-14-12-25(21-38(2,3)4)18-27(28)20-33(35)42-37/h12-20H,21-23H2,1-11H3/q+1/i17D. The molecule has 0 atom stereocenters. The van der Waals surface area contributed by atoms with E-state index in [4.69, 9.17) is 6.11 Å². The van der Waals surface area contributed by atoms with Crippen LogP contribution in [0.2, 0.25) is 0 Å². The minimum Gasteiger partial charge on any atom is -0.455 e. The molecule has 0 saturated carbocycles. The molecular formula is C40H48NO+. The highest BCUT2D eigenvalue weighted by atomic mass is 16.5. The van der Waals surface area contributed by atoms with E-state index in [1.165, 1.54) is 43.8 Å². The van der Waals surface area contributed by atoms with Crippen LogP contribution in [0.15, 0.2) is 54.7 Å². The summed E-state index contributed by atoms with van der Waals surface area (Å²) in [5.41, 5.74) is 7.90. The van der Waals surface area contributed by atoms with Crippen molar-refractivity contribution in [1.29, 1.82) is 0 Å². The van der Waals surface area contributed by atoms with Gasteiger partial charge in [-0.15, -0.1) is 0 Å². The van der Waals surface area contributed by atoms with E-state index in [0.717, 1.165) is 52.8 Å². The van der Waals surface area contributed by atoms with Crippen LogP contribution in [0.1, 0.15) is 85.9 Å². The van der Waals surface area contributed by atoms with E-state index >= 15 is 0 Å². The van der Waals surface area contributed by atoms with Crippen LogP contribution in [0.4, 0.5) is 0 Å². The Morgan fingerprint density at radius 2 is 1.29 bits per heavy atom. The normalized spacial score (nSPS) is 13.9. The molecule has 1 aliphatic heterocycles. The molecule has 2 heterocycles. The number of hydrogen-bond acceptors (Lipinski definition) is 1. The lowest BCUT2D eigenvalue weighted by atomic mass is 9.80. The lowest BCUT2D eigenvalue weighted by Gasteiger charge is -2.29. The van der Waals surface area contributed by atoms with E-state index in [2.05, 4.69) is 116 Å². The van der Waals surface area contributed by atoms with E-state index in [1.54, 1.807) is 0 Å². The Kier molecular flexibility index (Phi) is 6.25. The van der Waals surface area contributed by atoms with Gasteiger partial charge in [-0.3, -0.25) is 0 Å². The molecule has 2 heteroatoms. The zero-order chi connectivity index (χ0) is 31.2. The number of hydrogen-bond donors (Lipinski definition) is 0. The Bertz CT molecular complexity index is 1940. The summed E-state index contributed by atoms with van der Waals surface area (Å²) in [5.74, 6) is 1.86. The Hall–Kier alpha value is -3.39. The number of benzene rings is 4. The average Bonchev–Trinajstić information content (AvgIpc) is 2.86. The first-order chi connectivity index (χ1) is 19.9. The molecule has 5 aromatic rings. The third-order valence-electron chi connectivity index (χ3n) is 8.50.